The first-order chi connectivity index (χ1) is 10.2. The molecule has 116 valence electrons. The molecule has 0 aromatic heterocycles. The van der Waals surface area contributed by atoms with E-state index < -0.39 is 0 Å². The first kappa shape index (κ1) is 15.0. The normalized spacial score (nSPS) is 29.6. The SMILES string of the molecule is CCC1CCC(CNC2CC2)C(c2cc(C)ccc2F)C1. The van der Waals surface area contributed by atoms with Crippen LogP contribution in [-0.4, -0.2) is 12.6 Å². The summed E-state index contributed by atoms with van der Waals surface area (Å²) < 4.78 is 14.3. The van der Waals surface area contributed by atoms with Crippen molar-refractivity contribution in [2.24, 2.45) is 11.8 Å². The molecule has 1 aromatic carbocycles. The molecule has 3 atom stereocenters. The minimum Gasteiger partial charge on any atom is -0.314 e. The number of nitrogens with one attached hydrogen (secondary N) is 1. The van der Waals surface area contributed by atoms with Gasteiger partial charge in [-0.05, 0) is 68.5 Å². The van der Waals surface area contributed by atoms with Gasteiger partial charge in [-0.2, -0.15) is 0 Å². The molecule has 1 nitrogen and oxygen atoms in total. The lowest BCUT2D eigenvalue weighted by atomic mass is 9.70. The van der Waals surface area contributed by atoms with Gasteiger partial charge < -0.3 is 5.32 Å². The van der Waals surface area contributed by atoms with E-state index in [0.717, 1.165) is 30.5 Å². The predicted molar refractivity (Wildman–Crippen MR) is 86.0 cm³/mol. The van der Waals surface area contributed by atoms with Crippen LogP contribution in [0, 0.1) is 24.6 Å². The summed E-state index contributed by atoms with van der Waals surface area (Å²) in [7, 11) is 0. The molecular formula is C19H28FN. The fourth-order valence-corrected chi connectivity index (χ4v) is 3.87. The summed E-state index contributed by atoms with van der Waals surface area (Å²) in [5.74, 6) is 1.77. The Morgan fingerprint density at radius 2 is 2.00 bits per heavy atom. The summed E-state index contributed by atoms with van der Waals surface area (Å²) in [6.45, 7) is 5.41. The number of benzene rings is 1. The van der Waals surface area contributed by atoms with E-state index in [2.05, 4.69) is 25.2 Å². The summed E-state index contributed by atoms with van der Waals surface area (Å²) in [6.07, 6.45) is 7.61. The van der Waals surface area contributed by atoms with E-state index in [1.165, 1.54) is 37.7 Å². The van der Waals surface area contributed by atoms with Gasteiger partial charge in [-0.3, -0.25) is 0 Å². The lowest BCUT2D eigenvalue weighted by Crippen LogP contribution is -2.33. The van der Waals surface area contributed by atoms with Crippen LogP contribution in [0.2, 0.25) is 0 Å². The molecule has 2 aliphatic rings. The number of rotatable bonds is 5. The molecule has 3 unspecified atom stereocenters. The molecule has 1 N–H and O–H groups in total. The van der Waals surface area contributed by atoms with E-state index in [1.54, 1.807) is 6.07 Å². The number of hydrogen-bond acceptors (Lipinski definition) is 1. The molecule has 0 radical (unpaired) electrons. The smallest absolute Gasteiger partial charge is 0.126 e. The summed E-state index contributed by atoms with van der Waals surface area (Å²) >= 11 is 0. The fraction of sp³-hybridized carbons (Fsp3) is 0.684. The van der Waals surface area contributed by atoms with Crippen LogP contribution in [0.3, 0.4) is 0 Å². The van der Waals surface area contributed by atoms with Gasteiger partial charge in [-0.25, -0.2) is 4.39 Å². The molecule has 0 aliphatic heterocycles. The molecule has 2 saturated carbocycles. The maximum absolute atomic E-state index is 14.3. The highest BCUT2D eigenvalue weighted by molar-refractivity contribution is 5.28. The van der Waals surface area contributed by atoms with Gasteiger partial charge in [-0.15, -0.1) is 0 Å². The zero-order valence-electron chi connectivity index (χ0n) is 13.4. The lowest BCUT2D eigenvalue weighted by Gasteiger charge is -2.37. The van der Waals surface area contributed by atoms with Gasteiger partial charge in [-0.1, -0.05) is 37.5 Å². The highest BCUT2D eigenvalue weighted by Crippen LogP contribution is 2.42. The Balaban J connectivity index is 1.78. The van der Waals surface area contributed by atoms with Crippen LogP contribution >= 0.6 is 0 Å². The van der Waals surface area contributed by atoms with Gasteiger partial charge in [0.15, 0.2) is 0 Å². The van der Waals surface area contributed by atoms with Crippen molar-refractivity contribution < 1.29 is 4.39 Å². The third-order valence-corrected chi connectivity index (χ3v) is 5.48. The molecule has 3 rings (SSSR count). The molecular weight excluding hydrogens is 261 g/mol. The highest BCUT2D eigenvalue weighted by Gasteiger charge is 2.33. The number of hydrogen-bond donors (Lipinski definition) is 1. The third kappa shape index (κ3) is 3.66. The molecule has 0 heterocycles. The van der Waals surface area contributed by atoms with Gasteiger partial charge in [0, 0.05) is 6.04 Å². The second-order valence-electron chi connectivity index (χ2n) is 7.16. The van der Waals surface area contributed by atoms with Crippen molar-refractivity contribution >= 4 is 0 Å². The Labute approximate surface area is 128 Å². The van der Waals surface area contributed by atoms with Crippen molar-refractivity contribution in [2.45, 2.75) is 64.3 Å². The van der Waals surface area contributed by atoms with E-state index in [0.29, 0.717) is 11.8 Å². The van der Waals surface area contributed by atoms with Crippen molar-refractivity contribution in [3.63, 3.8) is 0 Å². The second-order valence-corrected chi connectivity index (χ2v) is 7.16. The number of aryl methyl sites for hydroxylation is 1. The molecule has 2 fully saturated rings. The van der Waals surface area contributed by atoms with Crippen LogP contribution in [0.25, 0.3) is 0 Å². The minimum atomic E-state index is -0.00113. The molecule has 1 aromatic rings. The Morgan fingerprint density at radius 1 is 1.19 bits per heavy atom. The van der Waals surface area contributed by atoms with Crippen LogP contribution in [0.4, 0.5) is 4.39 Å². The zero-order valence-corrected chi connectivity index (χ0v) is 13.4. The third-order valence-electron chi connectivity index (χ3n) is 5.48. The maximum atomic E-state index is 14.3. The van der Waals surface area contributed by atoms with E-state index in [9.17, 15) is 4.39 Å². The molecule has 0 bridgehead atoms. The zero-order chi connectivity index (χ0) is 14.8. The molecule has 2 heteroatoms. The molecule has 0 spiro atoms. The Bertz CT molecular complexity index is 480. The van der Waals surface area contributed by atoms with Crippen LogP contribution in [-0.2, 0) is 0 Å². The standard InChI is InChI=1S/C19H28FN/c1-3-14-5-6-15(12-21-16-7-8-16)17(11-14)18-10-13(2)4-9-19(18)20/h4,9-10,14-17,21H,3,5-8,11-12H2,1-2H3. The van der Waals surface area contributed by atoms with E-state index in [-0.39, 0.29) is 5.82 Å². The van der Waals surface area contributed by atoms with Gasteiger partial charge >= 0.3 is 0 Å². The Hall–Kier alpha value is -0.890. The Kier molecular flexibility index (Phi) is 4.63. The van der Waals surface area contributed by atoms with Crippen LogP contribution < -0.4 is 5.32 Å². The van der Waals surface area contributed by atoms with Crippen LogP contribution in [0.1, 0.15) is 62.5 Å². The van der Waals surface area contributed by atoms with E-state index >= 15 is 0 Å². The first-order valence-electron chi connectivity index (χ1n) is 8.66. The molecule has 0 saturated heterocycles. The van der Waals surface area contributed by atoms with Gasteiger partial charge in [0.05, 0.1) is 0 Å². The largest absolute Gasteiger partial charge is 0.314 e. The highest BCUT2D eigenvalue weighted by atomic mass is 19.1. The quantitative estimate of drug-likeness (QED) is 0.821. The number of halogens is 1. The van der Waals surface area contributed by atoms with Crippen LogP contribution in [0.15, 0.2) is 18.2 Å². The molecule has 0 amide bonds. The summed E-state index contributed by atoms with van der Waals surface area (Å²) in [6, 6.07) is 6.38. The lowest BCUT2D eigenvalue weighted by molar-refractivity contribution is 0.222. The van der Waals surface area contributed by atoms with Crippen molar-refractivity contribution in [2.75, 3.05) is 6.54 Å². The topological polar surface area (TPSA) is 12.0 Å². The maximum Gasteiger partial charge on any atom is 0.126 e. The fourth-order valence-electron chi connectivity index (χ4n) is 3.87. The molecule has 21 heavy (non-hydrogen) atoms. The average molecular weight is 289 g/mol. The Morgan fingerprint density at radius 3 is 2.71 bits per heavy atom. The van der Waals surface area contributed by atoms with Crippen molar-refractivity contribution in [1.82, 2.24) is 5.32 Å². The van der Waals surface area contributed by atoms with Crippen LogP contribution in [0.5, 0.6) is 0 Å². The van der Waals surface area contributed by atoms with Crippen molar-refractivity contribution in [3.05, 3.63) is 35.1 Å². The summed E-state index contributed by atoms with van der Waals surface area (Å²) in [4.78, 5) is 0. The predicted octanol–water partition coefficient (Wildman–Crippen LogP) is 4.80. The van der Waals surface area contributed by atoms with E-state index in [4.69, 9.17) is 0 Å². The monoisotopic (exact) mass is 289 g/mol. The minimum absolute atomic E-state index is 0.00113. The van der Waals surface area contributed by atoms with Crippen molar-refractivity contribution in [3.8, 4) is 0 Å². The van der Waals surface area contributed by atoms with Gasteiger partial charge in [0.1, 0.15) is 5.82 Å². The molecule has 2 aliphatic carbocycles. The van der Waals surface area contributed by atoms with Gasteiger partial charge in [0.25, 0.3) is 0 Å². The second kappa shape index (κ2) is 6.48. The van der Waals surface area contributed by atoms with E-state index in [1.807, 2.05) is 6.07 Å². The summed E-state index contributed by atoms with van der Waals surface area (Å²) in [5.41, 5.74) is 2.15. The first-order valence-corrected chi connectivity index (χ1v) is 8.66. The average Bonchev–Trinajstić information content (AvgIpc) is 3.32. The van der Waals surface area contributed by atoms with Gasteiger partial charge in [0.2, 0.25) is 0 Å². The van der Waals surface area contributed by atoms with Crippen molar-refractivity contribution in [1.29, 1.82) is 0 Å². The summed E-state index contributed by atoms with van der Waals surface area (Å²) in [5, 5.41) is 3.67.